The van der Waals surface area contributed by atoms with E-state index in [1.807, 2.05) is 6.92 Å². The number of nitrogens with two attached hydrogens (primary N) is 1. The summed E-state index contributed by atoms with van der Waals surface area (Å²) in [6.07, 6.45) is 2.19. The predicted molar refractivity (Wildman–Crippen MR) is 54.1 cm³/mol. The molecule has 0 aliphatic heterocycles. The number of hydrogen-bond donors (Lipinski definition) is 3. The van der Waals surface area contributed by atoms with Gasteiger partial charge in [0.15, 0.2) is 0 Å². The van der Waals surface area contributed by atoms with Crippen LogP contribution in [0.15, 0.2) is 17.1 Å². The van der Waals surface area contributed by atoms with E-state index >= 15 is 0 Å². The van der Waals surface area contributed by atoms with Crippen molar-refractivity contribution in [2.75, 3.05) is 12.3 Å². The second-order valence-corrected chi connectivity index (χ2v) is 2.93. The number of rotatable bonds is 3. The van der Waals surface area contributed by atoms with Crippen molar-refractivity contribution in [3.8, 4) is 0 Å². The molecule has 0 spiro atoms. The van der Waals surface area contributed by atoms with E-state index in [-0.39, 0.29) is 11.5 Å². The first kappa shape index (κ1) is 10.3. The zero-order valence-electron chi connectivity index (χ0n) is 7.96. The topological polar surface area (TPSA) is 88.0 Å². The number of H-pyrrole nitrogens is 1. The number of anilines is 1. The Labute approximate surface area is 81.3 Å². The first-order chi connectivity index (χ1) is 6.65. The largest absolute Gasteiger partial charge is 0.398 e. The minimum Gasteiger partial charge on any atom is -0.398 e. The van der Waals surface area contributed by atoms with Crippen LogP contribution in [0.25, 0.3) is 0 Å². The van der Waals surface area contributed by atoms with Crippen LogP contribution >= 0.6 is 0 Å². The van der Waals surface area contributed by atoms with Crippen molar-refractivity contribution in [2.24, 2.45) is 0 Å². The molecule has 0 radical (unpaired) electrons. The van der Waals surface area contributed by atoms with Crippen molar-refractivity contribution in [3.05, 3.63) is 28.2 Å². The number of aromatic amines is 1. The molecular formula is C9H13N3O2. The van der Waals surface area contributed by atoms with Gasteiger partial charge >= 0.3 is 0 Å². The van der Waals surface area contributed by atoms with E-state index in [0.29, 0.717) is 12.2 Å². The van der Waals surface area contributed by atoms with Gasteiger partial charge in [0.2, 0.25) is 0 Å². The van der Waals surface area contributed by atoms with Crippen molar-refractivity contribution in [2.45, 2.75) is 13.3 Å². The number of hydrogen-bond acceptors (Lipinski definition) is 3. The molecule has 4 N–H and O–H groups in total. The zero-order chi connectivity index (χ0) is 10.6. The Hall–Kier alpha value is -1.78. The molecule has 1 heterocycles. The maximum atomic E-state index is 11.4. The second-order valence-electron chi connectivity index (χ2n) is 2.93. The maximum Gasteiger partial charge on any atom is 0.260 e. The summed E-state index contributed by atoms with van der Waals surface area (Å²) in [5.41, 5.74) is 5.44. The molecule has 1 aromatic heterocycles. The molecule has 76 valence electrons. The molecule has 0 aliphatic carbocycles. The van der Waals surface area contributed by atoms with Crippen molar-refractivity contribution < 1.29 is 4.79 Å². The van der Waals surface area contributed by atoms with E-state index in [4.69, 9.17) is 5.73 Å². The lowest BCUT2D eigenvalue weighted by atomic mass is 10.2. The van der Waals surface area contributed by atoms with Gasteiger partial charge < -0.3 is 16.0 Å². The fraction of sp³-hybridized carbons (Fsp3) is 0.333. The minimum atomic E-state index is -0.423. The molecule has 0 saturated heterocycles. The van der Waals surface area contributed by atoms with Gasteiger partial charge in [0, 0.05) is 18.4 Å². The third-order valence-electron chi connectivity index (χ3n) is 1.71. The molecule has 1 rings (SSSR count). The Kier molecular flexibility index (Phi) is 3.28. The SMILES string of the molecule is CCCNC(=O)c1cc(N)c[nH]c1=O. The van der Waals surface area contributed by atoms with Gasteiger partial charge in [-0.25, -0.2) is 0 Å². The summed E-state index contributed by atoms with van der Waals surface area (Å²) in [7, 11) is 0. The van der Waals surface area contributed by atoms with Gasteiger partial charge in [-0.3, -0.25) is 9.59 Å². The molecule has 5 nitrogen and oxygen atoms in total. The number of nitrogens with one attached hydrogen (secondary N) is 2. The van der Waals surface area contributed by atoms with E-state index in [1.54, 1.807) is 0 Å². The van der Waals surface area contributed by atoms with Crippen LogP contribution in [-0.4, -0.2) is 17.4 Å². The fourth-order valence-corrected chi connectivity index (χ4v) is 1.00. The van der Waals surface area contributed by atoms with E-state index in [1.165, 1.54) is 12.3 Å². The molecule has 0 unspecified atom stereocenters. The first-order valence-corrected chi connectivity index (χ1v) is 4.41. The summed E-state index contributed by atoms with van der Waals surface area (Å²) in [5.74, 6) is -0.389. The van der Waals surface area contributed by atoms with Gasteiger partial charge in [0.05, 0.1) is 0 Å². The Morgan fingerprint density at radius 2 is 2.36 bits per heavy atom. The highest BCUT2D eigenvalue weighted by atomic mass is 16.2. The molecule has 0 aliphatic rings. The van der Waals surface area contributed by atoms with Gasteiger partial charge in [-0.1, -0.05) is 6.92 Å². The Balaban J connectivity index is 2.89. The smallest absolute Gasteiger partial charge is 0.260 e. The molecule has 5 heteroatoms. The lowest BCUT2D eigenvalue weighted by molar-refractivity contribution is 0.0952. The standard InChI is InChI=1S/C9H13N3O2/c1-2-3-11-8(13)7-4-6(10)5-12-9(7)14/h4-5H,2-3,10H2,1H3,(H,11,13)(H,12,14). The highest BCUT2D eigenvalue weighted by Crippen LogP contribution is 1.98. The highest BCUT2D eigenvalue weighted by molar-refractivity contribution is 5.94. The molecule has 0 atom stereocenters. The van der Waals surface area contributed by atoms with Crippen LogP contribution in [0.1, 0.15) is 23.7 Å². The Bertz CT molecular complexity index is 384. The van der Waals surface area contributed by atoms with Gasteiger partial charge in [-0.05, 0) is 12.5 Å². The number of amides is 1. The van der Waals surface area contributed by atoms with Gasteiger partial charge in [0.1, 0.15) is 5.56 Å². The summed E-state index contributed by atoms with van der Waals surface area (Å²) in [6.45, 7) is 2.48. The molecule has 0 aromatic carbocycles. The normalized spacial score (nSPS) is 9.79. The molecule has 0 fully saturated rings. The minimum absolute atomic E-state index is 0.0541. The van der Waals surface area contributed by atoms with Crippen molar-refractivity contribution in [1.29, 1.82) is 0 Å². The van der Waals surface area contributed by atoms with Gasteiger partial charge in [0.25, 0.3) is 11.5 Å². The monoisotopic (exact) mass is 195 g/mol. The maximum absolute atomic E-state index is 11.4. The number of carbonyl (C=O) groups excluding carboxylic acids is 1. The van der Waals surface area contributed by atoms with Crippen molar-refractivity contribution >= 4 is 11.6 Å². The number of carbonyl (C=O) groups is 1. The van der Waals surface area contributed by atoms with Crippen LogP contribution in [0, 0.1) is 0 Å². The number of nitrogen functional groups attached to an aromatic ring is 1. The summed E-state index contributed by atoms with van der Waals surface area (Å²) >= 11 is 0. The van der Waals surface area contributed by atoms with E-state index in [2.05, 4.69) is 10.3 Å². The van der Waals surface area contributed by atoms with Crippen LogP contribution in [0.5, 0.6) is 0 Å². The highest BCUT2D eigenvalue weighted by Gasteiger charge is 2.09. The number of aromatic nitrogens is 1. The molecule has 1 aromatic rings. The molecular weight excluding hydrogens is 182 g/mol. The first-order valence-electron chi connectivity index (χ1n) is 4.41. The summed E-state index contributed by atoms with van der Waals surface area (Å²) in [4.78, 5) is 25.0. The molecule has 14 heavy (non-hydrogen) atoms. The average molecular weight is 195 g/mol. The summed E-state index contributed by atoms with van der Waals surface area (Å²) in [5, 5.41) is 2.60. The predicted octanol–water partition coefficient (Wildman–Crippen LogP) is 0.0969. The third kappa shape index (κ3) is 2.35. The van der Waals surface area contributed by atoms with E-state index < -0.39 is 5.56 Å². The van der Waals surface area contributed by atoms with E-state index in [0.717, 1.165) is 6.42 Å². The van der Waals surface area contributed by atoms with Crippen molar-refractivity contribution in [1.82, 2.24) is 10.3 Å². The van der Waals surface area contributed by atoms with Crippen LogP contribution < -0.4 is 16.6 Å². The van der Waals surface area contributed by atoms with Gasteiger partial charge in [-0.15, -0.1) is 0 Å². The average Bonchev–Trinajstić information content (AvgIpc) is 2.18. The van der Waals surface area contributed by atoms with Crippen LogP contribution in [0.2, 0.25) is 0 Å². The number of pyridine rings is 1. The Morgan fingerprint density at radius 1 is 1.64 bits per heavy atom. The van der Waals surface area contributed by atoms with Crippen molar-refractivity contribution in [3.63, 3.8) is 0 Å². The van der Waals surface area contributed by atoms with Crippen LogP contribution in [0.4, 0.5) is 5.69 Å². The van der Waals surface area contributed by atoms with Gasteiger partial charge in [-0.2, -0.15) is 0 Å². The lowest BCUT2D eigenvalue weighted by Gasteiger charge is -2.02. The molecule has 1 amide bonds. The zero-order valence-corrected chi connectivity index (χ0v) is 7.96. The lowest BCUT2D eigenvalue weighted by Crippen LogP contribution is -2.30. The van der Waals surface area contributed by atoms with E-state index in [9.17, 15) is 9.59 Å². The van der Waals surface area contributed by atoms with Crippen LogP contribution in [0.3, 0.4) is 0 Å². The van der Waals surface area contributed by atoms with Crippen LogP contribution in [-0.2, 0) is 0 Å². The Morgan fingerprint density at radius 3 is 3.00 bits per heavy atom. The summed E-state index contributed by atoms with van der Waals surface area (Å²) in [6, 6.07) is 1.36. The molecule has 0 bridgehead atoms. The summed E-state index contributed by atoms with van der Waals surface area (Å²) < 4.78 is 0. The fourth-order valence-electron chi connectivity index (χ4n) is 1.00. The molecule has 0 saturated carbocycles. The quantitative estimate of drug-likeness (QED) is 0.639. The third-order valence-corrected chi connectivity index (χ3v) is 1.71. The second kappa shape index (κ2) is 4.45.